The minimum absolute atomic E-state index is 0.114. The zero-order valence-electron chi connectivity index (χ0n) is 13.7. The molecule has 1 heterocycles. The minimum atomic E-state index is -0.326. The van der Waals surface area contributed by atoms with Crippen LogP contribution in [0.1, 0.15) is 38.8 Å². The van der Waals surface area contributed by atoms with E-state index in [0.717, 1.165) is 18.4 Å². The van der Waals surface area contributed by atoms with Crippen LogP contribution in [-0.4, -0.2) is 41.3 Å². The van der Waals surface area contributed by atoms with Gasteiger partial charge in [-0.1, -0.05) is 13.8 Å². The molecule has 1 rings (SSSR count). The average molecular weight is 439 g/mol. The molecule has 8 heteroatoms. The Bertz CT molecular complexity index is 493. The first-order valence-corrected chi connectivity index (χ1v) is 11.7. The Morgan fingerprint density at radius 2 is 2.14 bits per heavy atom. The van der Waals surface area contributed by atoms with Crippen molar-refractivity contribution in [3.05, 3.63) is 11.9 Å². The standard InChI is InChI=1S/C14H25IN4O2P/c1-11(2)9-19-12(8-16-17-19)10-22-18(4)14(21)7-5-6-13(20)15-3/h8,11,22H,5-7,9-10H2,1-4H3/q-1. The van der Waals surface area contributed by atoms with Crippen LogP contribution in [0.2, 0.25) is 0 Å². The summed E-state index contributed by atoms with van der Waals surface area (Å²) in [6.07, 6.45) is 4.24. The van der Waals surface area contributed by atoms with E-state index < -0.39 is 0 Å². The van der Waals surface area contributed by atoms with Crippen LogP contribution in [0.25, 0.3) is 0 Å². The second-order valence-corrected chi connectivity index (χ2v) is 9.11. The van der Waals surface area contributed by atoms with Gasteiger partial charge in [-0.05, 0) is 0 Å². The first-order valence-electron chi connectivity index (χ1n) is 7.33. The number of aromatic nitrogens is 3. The van der Waals surface area contributed by atoms with Crippen molar-refractivity contribution in [3.8, 4) is 0 Å². The Labute approximate surface area is 144 Å². The Hall–Kier alpha value is -0.560. The number of rotatable bonds is 10. The molecule has 0 aliphatic carbocycles. The van der Waals surface area contributed by atoms with Gasteiger partial charge in [-0.2, -0.15) is 0 Å². The summed E-state index contributed by atoms with van der Waals surface area (Å²) >= 11 is -0.326. The molecule has 0 bridgehead atoms. The zero-order chi connectivity index (χ0) is 16.5. The number of carbonyl (C=O) groups is 2. The van der Waals surface area contributed by atoms with Crippen molar-refractivity contribution in [2.24, 2.45) is 5.92 Å². The molecule has 0 fully saturated rings. The molecule has 0 N–H and O–H groups in total. The van der Waals surface area contributed by atoms with Gasteiger partial charge in [0.2, 0.25) is 0 Å². The van der Waals surface area contributed by atoms with Gasteiger partial charge in [0, 0.05) is 0 Å². The summed E-state index contributed by atoms with van der Waals surface area (Å²) in [6.45, 7) is 5.13. The molecule has 6 nitrogen and oxygen atoms in total. The van der Waals surface area contributed by atoms with Crippen LogP contribution >= 0.6 is 8.73 Å². The third-order valence-corrected chi connectivity index (χ3v) is 6.07. The average Bonchev–Trinajstić information content (AvgIpc) is 2.90. The van der Waals surface area contributed by atoms with Gasteiger partial charge in [-0.3, -0.25) is 0 Å². The van der Waals surface area contributed by atoms with Crippen molar-refractivity contribution >= 4 is 18.4 Å². The summed E-state index contributed by atoms with van der Waals surface area (Å²) in [5.41, 5.74) is 1.07. The molecule has 126 valence electrons. The van der Waals surface area contributed by atoms with Gasteiger partial charge in [0.05, 0.1) is 0 Å². The van der Waals surface area contributed by atoms with E-state index in [1.807, 2.05) is 16.7 Å². The molecule has 0 radical (unpaired) electrons. The summed E-state index contributed by atoms with van der Waals surface area (Å²) in [4.78, 5) is 25.3. The predicted molar refractivity (Wildman–Crippen MR) is 84.4 cm³/mol. The van der Waals surface area contributed by atoms with Crippen LogP contribution < -0.4 is 21.2 Å². The number of carbonyl (C=O) groups excluding carboxylic acids is 2. The number of nitrogens with zero attached hydrogens (tertiary/aromatic N) is 4. The van der Waals surface area contributed by atoms with Gasteiger partial charge in [0.1, 0.15) is 0 Å². The van der Waals surface area contributed by atoms with Gasteiger partial charge >= 0.3 is 131 Å². The number of amides is 1. The second kappa shape index (κ2) is 10.3. The maximum atomic E-state index is 12.0. The Morgan fingerprint density at radius 3 is 2.77 bits per heavy atom. The maximum absolute atomic E-state index is 12.0. The summed E-state index contributed by atoms with van der Waals surface area (Å²) in [7, 11) is 2.21. The number of halogens is 1. The van der Waals surface area contributed by atoms with Gasteiger partial charge in [-0.15, -0.1) is 0 Å². The molecule has 0 saturated heterocycles. The smallest absolute Gasteiger partial charge is 0.0610 e. The molecule has 1 aromatic heterocycles. The van der Waals surface area contributed by atoms with Crippen molar-refractivity contribution in [3.63, 3.8) is 0 Å². The van der Waals surface area contributed by atoms with Crippen LogP contribution in [0.5, 0.6) is 0 Å². The zero-order valence-corrected chi connectivity index (χ0v) is 16.8. The first kappa shape index (κ1) is 19.5. The van der Waals surface area contributed by atoms with E-state index in [1.165, 1.54) is 0 Å². The Balaban J connectivity index is 2.36. The van der Waals surface area contributed by atoms with E-state index in [9.17, 15) is 9.59 Å². The Morgan fingerprint density at radius 1 is 1.41 bits per heavy atom. The molecule has 1 aromatic rings. The fourth-order valence-electron chi connectivity index (χ4n) is 1.84. The molecule has 22 heavy (non-hydrogen) atoms. The molecular formula is C14H25IN4O2P-. The first-order chi connectivity index (χ1) is 10.4. The van der Waals surface area contributed by atoms with Crippen LogP contribution in [0.4, 0.5) is 0 Å². The van der Waals surface area contributed by atoms with Crippen LogP contribution in [0.3, 0.4) is 0 Å². The van der Waals surface area contributed by atoms with Gasteiger partial charge in [-0.25, -0.2) is 0 Å². The monoisotopic (exact) mass is 439 g/mol. The van der Waals surface area contributed by atoms with Crippen molar-refractivity contribution in [2.75, 3.05) is 12.0 Å². The van der Waals surface area contributed by atoms with E-state index in [1.54, 1.807) is 10.9 Å². The van der Waals surface area contributed by atoms with Crippen LogP contribution in [-0.2, 0) is 22.3 Å². The quantitative estimate of drug-likeness (QED) is 0.201. The van der Waals surface area contributed by atoms with Crippen molar-refractivity contribution in [1.82, 2.24) is 19.7 Å². The molecule has 1 atom stereocenters. The van der Waals surface area contributed by atoms with Gasteiger partial charge < -0.3 is 0 Å². The molecule has 1 unspecified atom stereocenters. The Kier molecular flexibility index (Phi) is 9.09. The van der Waals surface area contributed by atoms with Crippen molar-refractivity contribution < 1.29 is 30.8 Å². The van der Waals surface area contributed by atoms with E-state index in [2.05, 4.69) is 24.2 Å². The van der Waals surface area contributed by atoms with E-state index >= 15 is 0 Å². The van der Waals surface area contributed by atoms with Crippen LogP contribution in [0, 0.1) is 5.92 Å². The fourth-order valence-corrected chi connectivity index (χ4v) is 3.73. The molecule has 1 amide bonds. The molecule has 0 aromatic carbocycles. The van der Waals surface area contributed by atoms with Gasteiger partial charge in [0.25, 0.3) is 0 Å². The molecule has 0 aliphatic heterocycles. The van der Waals surface area contributed by atoms with E-state index in [4.69, 9.17) is 0 Å². The normalized spacial score (nSPS) is 11.7. The van der Waals surface area contributed by atoms with E-state index in [-0.39, 0.29) is 27.1 Å². The summed E-state index contributed by atoms with van der Waals surface area (Å²) < 4.78 is 4.01. The van der Waals surface area contributed by atoms with Crippen molar-refractivity contribution in [2.45, 2.75) is 45.8 Å². The van der Waals surface area contributed by atoms with Crippen LogP contribution in [0.15, 0.2) is 6.20 Å². The summed E-state index contributed by atoms with van der Waals surface area (Å²) in [5.74, 6) is 0.630. The van der Waals surface area contributed by atoms with Gasteiger partial charge in [0.15, 0.2) is 0 Å². The number of hydrogen-bond acceptors (Lipinski definition) is 4. The predicted octanol–water partition coefficient (Wildman–Crippen LogP) is -1.10. The SMILES string of the molecule is C[I-]C(=O)CCCC(=O)N(C)PCc1cnnn1CC(C)C. The number of alkyl halides is 1. The molecule has 0 spiro atoms. The number of hydrogen-bond donors (Lipinski definition) is 0. The topological polar surface area (TPSA) is 68.1 Å². The summed E-state index contributed by atoms with van der Waals surface area (Å²) in [6, 6.07) is 0. The molecule has 0 saturated carbocycles. The minimum Gasteiger partial charge on any atom is -0.0610 e. The van der Waals surface area contributed by atoms with E-state index in [0.29, 0.717) is 37.7 Å². The third-order valence-electron chi connectivity index (χ3n) is 3.08. The third kappa shape index (κ3) is 7.13. The van der Waals surface area contributed by atoms with Crippen molar-refractivity contribution in [1.29, 1.82) is 0 Å². The molecular weight excluding hydrogens is 414 g/mol. The molecule has 0 aliphatic rings. The summed E-state index contributed by atoms with van der Waals surface area (Å²) in [5, 5.41) is 8.05. The second-order valence-electron chi connectivity index (χ2n) is 5.49. The fraction of sp³-hybridized carbons (Fsp3) is 0.714.